The van der Waals surface area contributed by atoms with Crippen molar-refractivity contribution in [1.82, 2.24) is 20.4 Å². The first kappa shape index (κ1) is 21.0. The van der Waals surface area contributed by atoms with Crippen molar-refractivity contribution >= 4 is 21.8 Å². The average molecular weight is 420 g/mol. The van der Waals surface area contributed by atoms with Crippen molar-refractivity contribution in [3.63, 3.8) is 0 Å². The number of carbonyl (C=O) groups is 2. The Labute approximate surface area is 169 Å². The van der Waals surface area contributed by atoms with Crippen molar-refractivity contribution in [3.05, 3.63) is 41.5 Å². The van der Waals surface area contributed by atoms with Gasteiger partial charge in [-0.15, -0.1) is 0 Å². The van der Waals surface area contributed by atoms with Crippen LogP contribution in [0.15, 0.2) is 33.7 Å². The summed E-state index contributed by atoms with van der Waals surface area (Å²) in [7, 11) is -3.36. The third-order valence-corrected chi connectivity index (χ3v) is 6.01. The fourth-order valence-electron chi connectivity index (χ4n) is 3.08. The summed E-state index contributed by atoms with van der Waals surface area (Å²) in [5, 5.41) is 6.56. The van der Waals surface area contributed by atoms with E-state index >= 15 is 0 Å². The normalized spacial score (nSPS) is 19.8. The molecule has 1 atom stereocenters. The lowest BCUT2D eigenvalue weighted by Gasteiger charge is -2.22. The molecular weight excluding hydrogens is 396 g/mol. The third kappa shape index (κ3) is 4.31. The molecule has 0 aliphatic carbocycles. The molecule has 156 valence electrons. The molecule has 9 nitrogen and oxygen atoms in total. The minimum Gasteiger partial charge on any atom is -0.337 e. The minimum absolute atomic E-state index is 0.129. The standard InChI is InChI=1S/C19H24N4O5S/c1-12(2)5-10-15-20-16(28-22-15)11-23-17(24)19(3,21-18(23)25)13-6-8-14(9-7-13)29(4,26)27/h6-9,12H,5,10-11H2,1-4H3,(H,21,25). The first-order valence-electron chi connectivity index (χ1n) is 9.27. The third-order valence-electron chi connectivity index (χ3n) is 4.88. The van der Waals surface area contributed by atoms with E-state index in [1.165, 1.54) is 24.3 Å². The molecule has 10 heteroatoms. The van der Waals surface area contributed by atoms with E-state index in [2.05, 4.69) is 29.3 Å². The molecule has 1 unspecified atom stereocenters. The molecule has 1 aromatic carbocycles. The van der Waals surface area contributed by atoms with Gasteiger partial charge in [-0.2, -0.15) is 4.98 Å². The second-order valence-electron chi connectivity index (χ2n) is 7.78. The highest BCUT2D eigenvalue weighted by atomic mass is 32.2. The van der Waals surface area contributed by atoms with Crippen molar-refractivity contribution in [1.29, 1.82) is 0 Å². The van der Waals surface area contributed by atoms with E-state index in [0.717, 1.165) is 17.6 Å². The van der Waals surface area contributed by atoms with Crippen molar-refractivity contribution in [3.8, 4) is 0 Å². The van der Waals surface area contributed by atoms with Crippen LogP contribution >= 0.6 is 0 Å². The van der Waals surface area contributed by atoms with Crippen LogP contribution in [0.1, 0.15) is 44.5 Å². The predicted octanol–water partition coefficient (Wildman–Crippen LogP) is 2.03. The molecule has 1 N–H and O–H groups in total. The second kappa shape index (κ2) is 7.58. The Morgan fingerprint density at radius 1 is 1.21 bits per heavy atom. The quantitative estimate of drug-likeness (QED) is 0.680. The van der Waals surface area contributed by atoms with Gasteiger partial charge >= 0.3 is 6.03 Å². The molecule has 1 aromatic heterocycles. The Bertz CT molecular complexity index is 1030. The molecule has 1 saturated heterocycles. The number of hydrogen-bond donors (Lipinski definition) is 1. The number of imide groups is 1. The lowest BCUT2D eigenvalue weighted by molar-refractivity contribution is -0.131. The summed E-state index contributed by atoms with van der Waals surface area (Å²) in [6.45, 7) is 5.63. The second-order valence-corrected chi connectivity index (χ2v) is 9.80. The zero-order valence-corrected chi connectivity index (χ0v) is 17.6. The zero-order valence-electron chi connectivity index (χ0n) is 16.8. The van der Waals surface area contributed by atoms with Crippen LogP contribution in [0.5, 0.6) is 0 Å². The van der Waals surface area contributed by atoms with Gasteiger partial charge in [0.15, 0.2) is 15.7 Å². The maximum Gasteiger partial charge on any atom is 0.325 e. The molecular formula is C19H24N4O5S. The molecule has 3 amide bonds. The largest absolute Gasteiger partial charge is 0.337 e. The van der Waals surface area contributed by atoms with E-state index in [1.54, 1.807) is 6.92 Å². The smallest absolute Gasteiger partial charge is 0.325 e. The number of nitrogens with zero attached hydrogens (tertiary/aromatic N) is 3. The van der Waals surface area contributed by atoms with Crippen molar-refractivity contribution < 1.29 is 22.5 Å². The van der Waals surface area contributed by atoms with Gasteiger partial charge in [0.25, 0.3) is 5.91 Å². The van der Waals surface area contributed by atoms with Crippen LogP contribution in [0.2, 0.25) is 0 Å². The van der Waals surface area contributed by atoms with E-state index in [-0.39, 0.29) is 17.3 Å². The van der Waals surface area contributed by atoms with Crippen molar-refractivity contribution in [2.75, 3.05) is 6.26 Å². The Hall–Kier alpha value is -2.75. The Morgan fingerprint density at radius 2 is 1.86 bits per heavy atom. The first-order chi connectivity index (χ1) is 13.5. The number of aromatic nitrogens is 2. The summed E-state index contributed by atoms with van der Waals surface area (Å²) in [5.74, 6) is 0.748. The Balaban J connectivity index is 1.77. The zero-order chi connectivity index (χ0) is 21.4. The number of hydrogen-bond acceptors (Lipinski definition) is 7. The topological polar surface area (TPSA) is 122 Å². The lowest BCUT2D eigenvalue weighted by atomic mass is 9.92. The van der Waals surface area contributed by atoms with E-state index in [1.807, 2.05) is 0 Å². The highest BCUT2D eigenvalue weighted by Crippen LogP contribution is 2.30. The number of amides is 3. The van der Waals surface area contributed by atoms with Gasteiger partial charge in [-0.25, -0.2) is 13.2 Å². The fraction of sp³-hybridized carbons (Fsp3) is 0.474. The molecule has 3 rings (SSSR count). The fourth-order valence-corrected chi connectivity index (χ4v) is 3.71. The number of sulfone groups is 1. The first-order valence-corrected chi connectivity index (χ1v) is 11.2. The average Bonchev–Trinajstić information content (AvgIpc) is 3.18. The summed E-state index contributed by atoms with van der Waals surface area (Å²) in [4.78, 5) is 30.8. The van der Waals surface area contributed by atoms with Gasteiger partial charge in [0.2, 0.25) is 5.89 Å². The van der Waals surface area contributed by atoms with Crippen LogP contribution in [0.25, 0.3) is 0 Å². The molecule has 1 aliphatic heterocycles. The van der Waals surface area contributed by atoms with Gasteiger partial charge in [0, 0.05) is 12.7 Å². The van der Waals surface area contributed by atoms with Crippen LogP contribution in [-0.2, 0) is 33.1 Å². The van der Waals surface area contributed by atoms with E-state index < -0.39 is 27.3 Å². The van der Waals surface area contributed by atoms with Crippen LogP contribution < -0.4 is 5.32 Å². The van der Waals surface area contributed by atoms with Crippen molar-refractivity contribution in [2.24, 2.45) is 5.92 Å². The van der Waals surface area contributed by atoms with Gasteiger partial charge in [0.1, 0.15) is 12.1 Å². The minimum atomic E-state index is -3.36. The molecule has 0 bridgehead atoms. The van der Waals surface area contributed by atoms with Crippen LogP contribution in [0, 0.1) is 5.92 Å². The summed E-state index contributed by atoms with van der Waals surface area (Å²) in [5.41, 5.74) is -0.831. The SMILES string of the molecule is CC(C)CCc1noc(CN2C(=O)NC(C)(c3ccc(S(C)(=O)=O)cc3)C2=O)n1. The van der Waals surface area contributed by atoms with Gasteiger partial charge in [0.05, 0.1) is 4.90 Å². The summed E-state index contributed by atoms with van der Waals surface area (Å²) >= 11 is 0. The highest BCUT2D eigenvalue weighted by molar-refractivity contribution is 7.90. The predicted molar refractivity (Wildman–Crippen MR) is 103 cm³/mol. The van der Waals surface area contributed by atoms with Crippen molar-refractivity contribution in [2.45, 2.75) is 50.6 Å². The van der Waals surface area contributed by atoms with E-state index in [9.17, 15) is 18.0 Å². The van der Waals surface area contributed by atoms with Gasteiger partial charge < -0.3 is 9.84 Å². The molecule has 0 saturated carbocycles. The van der Waals surface area contributed by atoms with E-state index in [4.69, 9.17) is 4.52 Å². The summed E-state index contributed by atoms with van der Waals surface area (Å²) in [6.07, 6.45) is 2.67. The number of urea groups is 1. The number of nitrogens with one attached hydrogen (secondary N) is 1. The maximum atomic E-state index is 13.0. The molecule has 0 spiro atoms. The number of benzene rings is 1. The molecule has 1 aliphatic rings. The molecule has 2 aromatic rings. The van der Waals surface area contributed by atoms with Crippen LogP contribution in [0.3, 0.4) is 0 Å². The summed E-state index contributed by atoms with van der Waals surface area (Å²) < 4.78 is 28.4. The number of carbonyl (C=O) groups excluding carboxylic acids is 2. The summed E-state index contributed by atoms with van der Waals surface area (Å²) in [6, 6.07) is 5.30. The molecule has 29 heavy (non-hydrogen) atoms. The molecule has 0 radical (unpaired) electrons. The number of aryl methyl sites for hydroxylation is 1. The van der Waals surface area contributed by atoms with Gasteiger partial charge in [-0.3, -0.25) is 9.69 Å². The molecule has 1 fully saturated rings. The van der Waals surface area contributed by atoms with Crippen LogP contribution in [-0.4, -0.2) is 41.7 Å². The van der Waals surface area contributed by atoms with E-state index in [0.29, 0.717) is 23.7 Å². The number of rotatable bonds is 7. The van der Waals surface area contributed by atoms with Gasteiger partial charge in [-0.1, -0.05) is 31.1 Å². The van der Waals surface area contributed by atoms with Crippen LogP contribution in [0.4, 0.5) is 4.79 Å². The molecule has 2 heterocycles. The lowest BCUT2D eigenvalue weighted by Crippen LogP contribution is -2.40. The Morgan fingerprint density at radius 3 is 2.45 bits per heavy atom. The Kier molecular flexibility index (Phi) is 5.48. The maximum absolute atomic E-state index is 13.0. The van der Waals surface area contributed by atoms with Gasteiger partial charge in [-0.05, 0) is 37.0 Å². The monoisotopic (exact) mass is 420 g/mol. The highest BCUT2D eigenvalue weighted by Gasteiger charge is 2.49.